The van der Waals surface area contributed by atoms with Crippen LogP contribution in [0.15, 0.2) is 231 Å². The van der Waals surface area contributed by atoms with Crippen LogP contribution in [-0.2, 0) is 0 Å². The molecule has 0 fully saturated rings. The first-order valence-electron chi connectivity index (χ1n) is 23.3. The lowest BCUT2D eigenvalue weighted by atomic mass is 9.90. The summed E-state index contributed by atoms with van der Waals surface area (Å²) in [6, 6.07) is 85.6. The molecule has 0 atom stereocenters. The second-order valence-electron chi connectivity index (χ2n) is 18.2. The predicted molar refractivity (Wildman–Crippen MR) is 285 cm³/mol. The van der Waals surface area contributed by atoms with Crippen LogP contribution in [0.25, 0.3) is 65.3 Å². The fraction of sp³-hybridized carbons (Fsp3) is 0.0938. The third-order valence-electron chi connectivity index (χ3n) is 13.3. The van der Waals surface area contributed by atoms with E-state index < -0.39 is 0 Å². The van der Waals surface area contributed by atoms with Crippen LogP contribution in [-0.4, -0.2) is 0 Å². The van der Waals surface area contributed by atoms with E-state index in [2.05, 4.69) is 268 Å². The fourth-order valence-electron chi connectivity index (χ4n) is 9.75. The number of fused-ring (bicyclic) bond motifs is 4. The maximum absolute atomic E-state index is 2.51. The zero-order valence-electron chi connectivity index (χ0n) is 38.0. The second-order valence-corrected chi connectivity index (χ2v) is 18.2. The van der Waals surface area contributed by atoms with Crippen LogP contribution in [0.3, 0.4) is 0 Å². The van der Waals surface area contributed by atoms with Gasteiger partial charge in [0.25, 0.3) is 0 Å². The third kappa shape index (κ3) is 7.55. The lowest BCUT2D eigenvalue weighted by Gasteiger charge is -2.33. The van der Waals surface area contributed by atoms with Gasteiger partial charge in [-0.1, -0.05) is 198 Å². The fourth-order valence-corrected chi connectivity index (χ4v) is 9.75. The molecule has 0 aliphatic rings. The van der Waals surface area contributed by atoms with Crippen LogP contribution < -0.4 is 9.80 Å². The van der Waals surface area contributed by atoms with Gasteiger partial charge in [-0.2, -0.15) is 0 Å². The molecule has 0 amide bonds. The topological polar surface area (TPSA) is 6.48 Å². The van der Waals surface area contributed by atoms with Crippen molar-refractivity contribution in [2.45, 2.75) is 39.5 Å². The van der Waals surface area contributed by atoms with Crippen molar-refractivity contribution in [3.05, 3.63) is 242 Å². The molecule has 0 aliphatic carbocycles. The molecule has 0 radical (unpaired) electrons. The zero-order chi connectivity index (χ0) is 44.7. The average molecular weight is 849 g/mol. The van der Waals surface area contributed by atoms with E-state index in [4.69, 9.17) is 0 Å². The van der Waals surface area contributed by atoms with Gasteiger partial charge in [0.05, 0.1) is 11.4 Å². The monoisotopic (exact) mass is 848 g/mol. The van der Waals surface area contributed by atoms with Gasteiger partial charge in [-0.05, 0) is 127 Å². The number of hydrogen-bond acceptors (Lipinski definition) is 2. The third-order valence-corrected chi connectivity index (χ3v) is 13.3. The Kier molecular flexibility index (Phi) is 10.6. The molecule has 318 valence electrons. The maximum atomic E-state index is 2.51. The highest BCUT2D eigenvalue weighted by Gasteiger charge is 2.27. The molecular formula is C64H52N2. The summed E-state index contributed by atoms with van der Waals surface area (Å²) in [5.41, 5.74) is 14.0. The molecule has 11 aromatic rings. The first-order chi connectivity index (χ1) is 32.4. The summed E-state index contributed by atoms with van der Waals surface area (Å²) in [5, 5.41) is 9.49. The Morgan fingerprint density at radius 3 is 0.985 bits per heavy atom. The zero-order valence-corrected chi connectivity index (χ0v) is 38.0. The van der Waals surface area contributed by atoms with Crippen molar-refractivity contribution in [2.24, 2.45) is 0 Å². The number of hydrogen-bond donors (Lipinski definition) is 0. The summed E-state index contributed by atoms with van der Waals surface area (Å²) in [6.07, 6.45) is 0. The number of anilines is 6. The van der Waals surface area contributed by atoms with Crippen molar-refractivity contribution < 1.29 is 0 Å². The van der Waals surface area contributed by atoms with Gasteiger partial charge in [0.15, 0.2) is 0 Å². The molecule has 0 aliphatic heterocycles. The van der Waals surface area contributed by atoms with Gasteiger partial charge in [-0.25, -0.2) is 0 Å². The van der Waals surface area contributed by atoms with E-state index >= 15 is 0 Å². The SMILES string of the molecule is CC(C)c1ccc(N(c2ccc3ccccc3c2)c2c3ccc(-c4ccccc4)cc3c(N(c3ccc(C(C)C)cc3)c3ccc4ccccc4c3)c3ccc(-c4ccccc4)cc23)cc1. The molecule has 0 saturated carbocycles. The van der Waals surface area contributed by atoms with Crippen LogP contribution >= 0.6 is 0 Å². The second kappa shape index (κ2) is 17.2. The summed E-state index contributed by atoms with van der Waals surface area (Å²) in [6.45, 7) is 9.07. The Morgan fingerprint density at radius 2 is 0.606 bits per heavy atom. The van der Waals surface area contributed by atoms with Crippen molar-refractivity contribution in [3.63, 3.8) is 0 Å². The normalized spacial score (nSPS) is 11.6. The summed E-state index contributed by atoms with van der Waals surface area (Å²) < 4.78 is 0. The van der Waals surface area contributed by atoms with Crippen molar-refractivity contribution in [3.8, 4) is 22.3 Å². The minimum atomic E-state index is 0.412. The molecule has 0 spiro atoms. The highest BCUT2D eigenvalue weighted by molar-refractivity contribution is 6.24. The Balaban J connectivity index is 1.31. The van der Waals surface area contributed by atoms with Gasteiger partial charge < -0.3 is 9.80 Å². The lowest BCUT2D eigenvalue weighted by Crippen LogP contribution is -2.15. The molecule has 0 aromatic heterocycles. The van der Waals surface area contributed by atoms with Gasteiger partial charge in [-0.15, -0.1) is 0 Å². The van der Waals surface area contributed by atoms with Crippen LogP contribution in [0.1, 0.15) is 50.7 Å². The molecule has 2 nitrogen and oxygen atoms in total. The van der Waals surface area contributed by atoms with E-state index in [1.54, 1.807) is 0 Å². The van der Waals surface area contributed by atoms with Gasteiger partial charge in [0.2, 0.25) is 0 Å². The minimum Gasteiger partial charge on any atom is -0.309 e. The van der Waals surface area contributed by atoms with E-state index in [1.807, 2.05) is 0 Å². The van der Waals surface area contributed by atoms with Crippen LogP contribution in [0, 0.1) is 0 Å². The molecule has 0 bridgehead atoms. The average Bonchev–Trinajstić information content (AvgIpc) is 3.37. The largest absolute Gasteiger partial charge is 0.309 e. The first kappa shape index (κ1) is 40.8. The molecule has 11 rings (SSSR count). The summed E-state index contributed by atoms with van der Waals surface area (Å²) in [5.74, 6) is 0.823. The van der Waals surface area contributed by atoms with Gasteiger partial charge in [0, 0.05) is 44.3 Å². The maximum Gasteiger partial charge on any atom is 0.0620 e. The van der Waals surface area contributed by atoms with Crippen LogP contribution in [0.2, 0.25) is 0 Å². The van der Waals surface area contributed by atoms with Crippen LogP contribution in [0.5, 0.6) is 0 Å². The standard InChI is InChI=1S/C64H52N2/c1-43(2)45-23-31-55(32-24-45)65(57-35-27-49-19-11-13-21-51(49)39-57)63-59-37-29-54(48-17-9-6-10-18-48)42-62(59)64(60-38-30-53(41-61(60)63)47-15-7-5-8-16-47)66(56-33-25-46(26-34-56)44(3)4)58-36-28-50-20-12-14-22-52(50)40-58/h5-44H,1-4H3. The van der Waals surface area contributed by atoms with Gasteiger partial charge >= 0.3 is 0 Å². The van der Waals surface area contributed by atoms with Crippen molar-refractivity contribution in [1.29, 1.82) is 0 Å². The van der Waals surface area contributed by atoms with E-state index in [0.717, 1.165) is 55.7 Å². The smallest absolute Gasteiger partial charge is 0.0620 e. The van der Waals surface area contributed by atoms with Crippen molar-refractivity contribution >= 4 is 77.2 Å². The van der Waals surface area contributed by atoms with E-state index in [-0.39, 0.29) is 0 Å². The first-order valence-corrected chi connectivity index (χ1v) is 23.3. The van der Waals surface area contributed by atoms with E-state index in [0.29, 0.717) is 11.8 Å². The lowest BCUT2D eigenvalue weighted by molar-refractivity contribution is 0.866. The molecule has 0 heterocycles. The van der Waals surface area contributed by atoms with Crippen molar-refractivity contribution in [2.75, 3.05) is 9.80 Å². The quantitative estimate of drug-likeness (QED) is 0.0999. The number of nitrogens with zero attached hydrogens (tertiary/aromatic N) is 2. The summed E-state index contributed by atoms with van der Waals surface area (Å²) in [7, 11) is 0. The molecule has 2 heteroatoms. The highest BCUT2D eigenvalue weighted by Crippen LogP contribution is 2.53. The molecule has 66 heavy (non-hydrogen) atoms. The predicted octanol–water partition coefficient (Wildman–Crippen LogP) is 18.8. The summed E-state index contributed by atoms with van der Waals surface area (Å²) in [4.78, 5) is 5.03. The van der Waals surface area contributed by atoms with Gasteiger partial charge in [0.1, 0.15) is 0 Å². The number of benzene rings is 11. The van der Waals surface area contributed by atoms with Crippen LogP contribution in [0.4, 0.5) is 34.1 Å². The molecule has 0 saturated heterocycles. The summed E-state index contributed by atoms with van der Waals surface area (Å²) >= 11 is 0. The Bertz CT molecular complexity index is 3280. The van der Waals surface area contributed by atoms with Crippen molar-refractivity contribution in [1.82, 2.24) is 0 Å². The Morgan fingerprint density at radius 1 is 0.258 bits per heavy atom. The Labute approximate surface area is 388 Å². The molecular weight excluding hydrogens is 797 g/mol. The Hall–Kier alpha value is -7.94. The molecule has 11 aromatic carbocycles. The van der Waals surface area contributed by atoms with E-state index in [1.165, 1.54) is 54.9 Å². The minimum absolute atomic E-state index is 0.412. The van der Waals surface area contributed by atoms with E-state index in [9.17, 15) is 0 Å². The molecule has 0 N–H and O–H groups in total. The number of rotatable bonds is 10. The highest BCUT2D eigenvalue weighted by atomic mass is 15.2. The van der Waals surface area contributed by atoms with Gasteiger partial charge in [-0.3, -0.25) is 0 Å². The molecule has 0 unspecified atom stereocenters.